The zero-order chi connectivity index (χ0) is 28.7. The molecule has 1 atom stereocenters. The Labute approximate surface area is 232 Å². The quantitative estimate of drug-likeness (QED) is 0.255. The zero-order valence-electron chi connectivity index (χ0n) is 22.7. The van der Waals surface area contributed by atoms with Gasteiger partial charge in [-0.05, 0) is 80.9 Å². The molecule has 0 bridgehead atoms. The standard InChI is InChI=1S/C29H34F3N5O3/c1-4-21(29(30,31)32)16-25(33-3)28(38)35-22-8-7-19(2)24(17-22)20-14-26(37-10-12-39-13-11-37)36-27(15-20)40-18-23-6-5-9-34-23/h4,7-8,14-17,23,34H,3,5-6,9-13,18H2,1-2H3,(H,35,38)/b21-4+,25-16-/t23-/m0/s1. The molecule has 2 saturated heterocycles. The average molecular weight is 558 g/mol. The molecule has 40 heavy (non-hydrogen) atoms. The van der Waals surface area contributed by atoms with Crippen molar-refractivity contribution in [2.45, 2.75) is 38.9 Å². The number of nitrogens with zero attached hydrogens (tertiary/aromatic N) is 3. The van der Waals surface area contributed by atoms with Gasteiger partial charge in [0.2, 0.25) is 5.88 Å². The number of benzene rings is 1. The van der Waals surface area contributed by atoms with E-state index >= 15 is 0 Å². The average Bonchev–Trinajstić information content (AvgIpc) is 3.47. The first-order chi connectivity index (χ1) is 19.2. The Morgan fingerprint density at radius 3 is 2.73 bits per heavy atom. The number of hydrogen-bond donors (Lipinski definition) is 2. The maximum Gasteiger partial charge on any atom is 0.416 e. The van der Waals surface area contributed by atoms with Crippen LogP contribution in [0.1, 0.15) is 25.3 Å². The number of nitrogens with one attached hydrogen (secondary N) is 2. The highest BCUT2D eigenvalue weighted by atomic mass is 19.4. The van der Waals surface area contributed by atoms with Crippen molar-refractivity contribution in [2.75, 3.05) is 49.7 Å². The highest BCUT2D eigenvalue weighted by Crippen LogP contribution is 2.33. The first-order valence-corrected chi connectivity index (χ1v) is 13.2. The van der Waals surface area contributed by atoms with Crippen LogP contribution in [0.15, 0.2) is 58.7 Å². The number of amides is 1. The van der Waals surface area contributed by atoms with Gasteiger partial charge < -0.3 is 25.0 Å². The summed E-state index contributed by atoms with van der Waals surface area (Å²) < 4.78 is 51.2. The first kappa shape index (κ1) is 29.3. The van der Waals surface area contributed by atoms with Gasteiger partial charge in [-0.15, -0.1) is 0 Å². The second-order valence-electron chi connectivity index (χ2n) is 9.67. The van der Waals surface area contributed by atoms with Gasteiger partial charge in [0.1, 0.15) is 18.1 Å². The van der Waals surface area contributed by atoms with E-state index in [1.165, 1.54) is 6.92 Å². The number of aryl methyl sites for hydroxylation is 1. The lowest BCUT2D eigenvalue weighted by Gasteiger charge is -2.28. The van der Waals surface area contributed by atoms with E-state index in [9.17, 15) is 18.0 Å². The van der Waals surface area contributed by atoms with E-state index in [-0.39, 0.29) is 6.04 Å². The molecule has 0 radical (unpaired) electrons. The molecular formula is C29H34F3N5O3. The summed E-state index contributed by atoms with van der Waals surface area (Å²) in [6.45, 7) is 10.5. The minimum absolute atomic E-state index is 0.277. The molecule has 2 aliphatic heterocycles. The molecule has 2 N–H and O–H groups in total. The van der Waals surface area contributed by atoms with Crippen molar-refractivity contribution in [3.8, 4) is 17.0 Å². The van der Waals surface area contributed by atoms with Crippen LogP contribution in [-0.2, 0) is 9.53 Å². The number of allylic oxidation sites excluding steroid dienone is 3. The predicted octanol–water partition coefficient (Wildman–Crippen LogP) is 5.06. The van der Waals surface area contributed by atoms with Gasteiger partial charge in [-0.1, -0.05) is 12.1 Å². The van der Waals surface area contributed by atoms with Crippen LogP contribution in [0, 0.1) is 6.92 Å². The van der Waals surface area contributed by atoms with Crippen LogP contribution >= 0.6 is 0 Å². The summed E-state index contributed by atoms with van der Waals surface area (Å²) in [5, 5.41) is 6.07. The highest BCUT2D eigenvalue weighted by molar-refractivity contribution is 6.04. The van der Waals surface area contributed by atoms with Crippen LogP contribution < -0.4 is 20.3 Å². The van der Waals surface area contributed by atoms with Crippen molar-refractivity contribution < 1.29 is 27.4 Å². The Bertz CT molecular complexity index is 1280. The third-order valence-electron chi connectivity index (χ3n) is 6.86. The van der Waals surface area contributed by atoms with Crippen molar-refractivity contribution in [1.29, 1.82) is 0 Å². The number of ether oxygens (including phenoxy) is 2. The molecule has 0 unspecified atom stereocenters. The molecule has 4 rings (SSSR count). The Kier molecular flexibility index (Phi) is 9.59. The molecule has 2 fully saturated rings. The Balaban J connectivity index is 1.63. The smallest absolute Gasteiger partial charge is 0.416 e. The number of halogens is 3. The Hall–Kier alpha value is -3.70. The number of rotatable bonds is 9. The van der Waals surface area contributed by atoms with Gasteiger partial charge in [0.15, 0.2) is 0 Å². The number of pyridine rings is 1. The monoisotopic (exact) mass is 557 g/mol. The molecule has 2 aliphatic rings. The minimum atomic E-state index is -4.62. The molecule has 11 heteroatoms. The van der Waals surface area contributed by atoms with E-state index in [0.29, 0.717) is 50.6 Å². The fourth-order valence-electron chi connectivity index (χ4n) is 4.63. The third-order valence-corrected chi connectivity index (χ3v) is 6.86. The van der Waals surface area contributed by atoms with E-state index in [2.05, 4.69) is 27.2 Å². The lowest BCUT2D eigenvalue weighted by Crippen LogP contribution is -2.36. The van der Waals surface area contributed by atoms with E-state index < -0.39 is 23.4 Å². The molecule has 0 spiro atoms. The number of aliphatic imine (C=N–C) groups is 1. The normalized spacial score (nSPS) is 18.5. The van der Waals surface area contributed by atoms with E-state index in [0.717, 1.165) is 48.0 Å². The largest absolute Gasteiger partial charge is 0.476 e. The number of anilines is 2. The van der Waals surface area contributed by atoms with Gasteiger partial charge in [0.25, 0.3) is 5.91 Å². The topological polar surface area (TPSA) is 88.1 Å². The molecule has 8 nitrogen and oxygen atoms in total. The maximum atomic E-state index is 13.2. The fourth-order valence-corrected chi connectivity index (χ4v) is 4.63. The van der Waals surface area contributed by atoms with Gasteiger partial charge in [-0.2, -0.15) is 18.2 Å². The van der Waals surface area contributed by atoms with Gasteiger partial charge in [0.05, 0.1) is 18.8 Å². The van der Waals surface area contributed by atoms with Crippen LogP contribution in [0.3, 0.4) is 0 Å². The molecule has 0 saturated carbocycles. The summed E-state index contributed by atoms with van der Waals surface area (Å²) in [6.07, 6.45) is -0.901. The summed E-state index contributed by atoms with van der Waals surface area (Å²) in [5.74, 6) is 0.454. The van der Waals surface area contributed by atoms with Crippen molar-refractivity contribution >= 4 is 24.1 Å². The molecular weight excluding hydrogens is 523 g/mol. The summed E-state index contributed by atoms with van der Waals surface area (Å²) in [4.78, 5) is 23.2. The molecule has 2 aromatic rings. The summed E-state index contributed by atoms with van der Waals surface area (Å²) in [7, 11) is 0. The van der Waals surface area contributed by atoms with Crippen LogP contribution in [0.5, 0.6) is 5.88 Å². The Morgan fingerprint density at radius 1 is 1.30 bits per heavy atom. The number of alkyl halides is 3. The van der Waals surface area contributed by atoms with Gasteiger partial charge >= 0.3 is 6.18 Å². The van der Waals surface area contributed by atoms with Crippen LogP contribution in [0.4, 0.5) is 24.7 Å². The summed E-state index contributed by atoms with van der Waals surface area (Å²) in [6, 6.07) is 9.41. The second-order valence-corrected chi connectivity index (χ2v) is 9.67. The maximum absolute atomic E-state index is 13.2. The van der Waals surface area contributed by atoms with E-state index in [1.54, 1.807) is 12.1 Å². The van der Waals surface area contributed by atoms with E-state index in [4.69, 9.17) is 14.5 Å². The van der Waals surface area contributed by atoms with Crippen molar-refractivity contribution in [3.63, 3.8) is 0 Å². The van der Waals surface area contributed by atoms with Crippen molar-refractivity contribution in [2.24, 2.45) is 4.99 Å². The summed E-state index contributed by atoms with van der Waals surface area (Å²) in [5.41, 5.74) is 1.57. The second kappa shape index (κ2) is 13.1. The zero-order valence-corrected chi connectivity index (χ0v) is 22.7. The molecule has 3 heterocycles. The molecule has 214 valence electrons. The molecule has 0 aliphatic carbocycles. The molecule has 1 aromatic carbocycles. The third kappa shape index (κ3) is 7.48. The Morgan fingerprint density at radius 2 is 2.08 bits per heavy atom. The number of hydrogen-bond acceptors (Lipinski definition) is 7. The van der Waals surface area contributed by atoms with Crippen molar-refractivity contribution in [1.82, 2.24) is 10.3 Å². The fraction of sp³-hybridized carbons (Fsp3) is 0.414. The van der Waals surface area contributed by atoms with Gasteiger partial charge in [-0.3, -0.25) is 9.79 Å². The number of aromatic nitrogens is 1. The molecule has 1 aromatic heterocycles. The lowest BCUT2D eigenvalue weighted by atomic mass is 10.00. The molecule has 1 amide bonds. The van der Waals surface area contributed by atoms with E-state index in [1.807, 2.05) is 25.1 Å². The van der Waals surface area contributed by atoms with Crippen molar-refractivity contribution in [3.05, 3.63) is 59.3 Å². The number of carbonyl (C=O) groups excluding carboxylic acids is 1. The number of morpholine rings is 1. The summed E-state index contributed by atoms with van der Waals surface area (Å²) >= 11 is 0. The van der Waals surface area contributed by atoms with Gasteiger partial charge in [0, 0.05) is 30.9 Å². The van der Waals surface area contributed by atoms with Crippen LogP contribution in [-0.4, -0.2) is 69.3 Å². The SMILES string of the molecule is C=N/C(=C\C(=C/C)C(F)(F)F)C(=O)Nc1ccc(C)c(-c2cc(OC[C@@H]3CCCN3)nc(N3CCOCC3)c2)c1. The van der Waals surface area contributed by atoms with Crippen LogP contribution in [0.25, 0.3) is 11.1 Å². The van der Waals surface area contributed by atoms with Crippen LogP contribution in [0.2, 0.25) is 0 Å². The van der Waals surface area contributed by atoms with Gasteiger partial charge in [-0.25, -0.2) is 0 Å². The number of carbonyl (C=O) groups is 1. The minimum Gasteiger partial charge on any atom is -0.476 e. The predicted molar refractivity (Wildman–Crippen MR) is 150 cm³/mol. The first-order valence-electron chi connectivity index (χ1n) is 13.2. The highest BCUT2D eigenvalue weighted by Gasteiger charge is 2.32. The lowest BCUT2D eigenvalue weighted by molar-refractivity contribution is -0.112.